The van der Waals surface area contributed by atoms with Crippen LogP contribution in [-0.2, 0) is 11.3 Å². The fourth-order valence-electron chi connectivity index (χ4n) is 4.15. The summed E-state index contributed by atoms with van der Waals surface area (Å²) in [6.07, 6.45) is 5.00. The maximum Gasteiger partial charge on any atom is 0.191 e. The van der Waals surface area contributed by atoms with E-state index >= 15 is 0 Å². The number of likely N-dealkylation sites (tertiary alicyclic amines) is 1. The van der Waals surface area contributed by atoms with Crippen LogP contribution in [-0.4, -0.2) is 62.4 Å². The fraction of sp³-hybridized carbons (Fsp3) is 0.696. The molecule has 2 heterocycles. The number of aliphatic imine (C=N–C) groups is 1. The zero-order valence-electron chi connectivity index (χ0n) is 18.4. The first-order valence-corrected chi connectivity index (χ1v) is 11.3. The summed E-state index contributed by atoms with van der Waals surface area (Å²) >= 11 is 0. The van der Waals surface area contributed by atoms with E-state index in [4.69, 9.17) is 14.5 Å². The first-order chi connectivity index (χ1) is 14.2. The van der Waals surface area contributed by atoms with Crippen LogP contribution in [0.5, 0.6) is 5.75 Å². The van der Waals surface area contributed by atoms with Gasteiger partial charge in [0.15, 0.2) is 5.96 Å². The monoisotopic (exact) mass is 402 g/mol. The van der Waals surface area contributed by atoms with E-state index in [-0.39, 0.29) is 6.10 Å². The fourth-order valence-corrected chi connectivity index (χ4v) is 4.15. The molecule has 1 aromatic rings. The molecule has 0 aromatic heterocycles. The summed E-state index contributed by atoms with van der Waals surface area (Å²) in [7, 11) is 0. The van der Waals surface area contributed by atoms with Crippen molar-refractivity contribution in [3.05, 3.63) is 29.3 Å². The summed E-state index contributed by atoms with van der Waals surface area (Å²) in [5, 5.41) is 6.92. The zero-order chi connectivity index (χ0) is 20.5. The molecule has 2 N–H and O–H groups in total. The number of likely N-dealkylation sites (N-methyl/N-ethyl adjacent to an activating group) is 1. The number of guanidine groups is 1. The number of rotatable bonds is 9. The molecule has 2 saturated heterocycles. The lowest BCUT2D eigenvalue weighted by Crippen LogP contribution is -2.44. The van der Waals surface area contributed by atoms with Gasteiger partial charge in [0.25, 0.3) is 0 Å². The van der Waals surface area contributed by atoms with Gasteiger partial charge in [-0.1, -0.05) is 19.1 Å². The van der Waals surface area contributed by atoms with Crippen LogP contribution in [0.3, 0.4) is 0 Å². The van der Waals surface area contributed by atoms with Crippen LogP contribution in [0.4, 0.5) is 0 Å². The van der Waals surface area contributed by atoms with Crippen LogP contribution >= 0.6 is 0 Å². The largest absolute Gasteiger partial charge is 0.491 e. The molecule has 0 aliphatic carbocycles. The van der Waals surface area contributed by atoms with Crippen LogP contribution in [0.15, 0.2) is 23.2 Å². The van der Waals surface area contributed by atoms with Crippen LogP contribution in [0, 0.1) is 6.92 Å². The summed E-state index contributed by atoms with van der Waals surface area (Å²) in [5.41, 5.74) is 2.31. The van der Waals surface area contributed by atoms with Gasteiger partial charge in [0.05, 0.1) is 12.6 Å². The Balaban J connectivity index is 1.60. The summed E-state index contributed by atoms with van der Waals surface area (Å²) in [4.78, 5) is 7.38. The van der Waals surface area contributed by atoms with E-state index < -0.39 is 0 Å². The molecule has 0 bridgehead atoms. The summed E-state index contributed by atoms with van der Waals surface area (Å²) < 4.78 is 11.8. The van der Waals surface area contributed by atoms with Crippen molar-refractivity contribution in [1.29, 1.82) is 0 Å². The van der Waals surface area contributed by atoms with Crippen LogP contribution in [0.2, 0.25) is 0 Å². The van der Waals surface area contributed by atoms with Crippen molar-refractivity contribution in [3.63, 3.8) is 0 Å². The molecule has 1 aromatic carbocycles. The number of benzene rings is 1. The van der Waals surface area contributed by atoms with E-state index in [1.807, 2.05) is 0 Å². The number of hydrogen-bond acceptors (Lipinski definition) is 4. The third-order valence-electron chi connectivity index (χ3n) is 5.83. The van der Waals surface area contributed by atoms with Crippen molar-refractivity contribution >= 4 is 5.96 Å². The Morgan fingerprint density at radius 1 is 1.24 bits per heavy atom. The Morgan fingerprint density at radius 2 is 2.14 bits per heavy atom. The highest BCUT2D eigenvalue weighted by Crippen LogP contribution is 2.23. The van der Waals surface area contributed by atoms with Gasteiger partial charge in [-0.15, -0.1) is 0 Å². The second-order valence-electron chi connectivity index (χ2n) is 8.06. The van der Waals surface area contributed by atoms with Gasteiger partial charge in [0, 0.05) is 31.3 Å². The average molecular weight is 403 g/mol. The van der Waals surface area contributed by atoms with E-state index in [1.165, 1.54) is 24.9 Å². The van der Waals surface area contributed by atoms with Crippen molar-refractivity contribution in [3.8, 4) is 5.75 Å². The zero-order valence-corrected chi connectivity index (χ0v) is 18.4. The second kappa shape index (κ2) is 11.4. The van der Waals surface area contributed by atoms with E-state index in [0.29, 0.717) is 19.2 Å². The second-order valence-corrected chi connectivity index (χ2v) is 8.06. The lowest BCUT2D eigenvalue weighted by molar-refractivity contribution is 0.0676. The van der Waals surface area contributed by atoms with Crippen molar-refractivity contribution in [2.75, 3.05) is 39.4 Å². The molecule has 0 saturated carbocycles. The number of hydrogen-bond donors (Lipinski definition) is 2. The molecule has 29 heavy (non-hydrogen) atoms. The van der Waals surface area contributed by atoms with E-state index in [9.17, 15) is 0 Å². The van der Waals surface area contributed by atoms with E-state index in [1.54, 1.807) is 0 Å². The minimum Gasteiger partial charge on any atom is -0.491 e. The molecule has 0 radical (unpaired) electrons. The molecule has 2 aliphatic heterocycles. The minimum absolute atomic E-state index is 0.221. The molecule has 0 amide bonds. The highest BCUT2D eigenvalue weighted by atomic mass is 16.5. The molecule has 162 valence electrons. The number of nitrogens with one attached hydrogen (secondary N) is 2. The van der Waals surface area contributed by atoms with Gasteiger partial charge in [-0.25, -0.2) is 4.99 Å². The normalized spacial score (nSPS) is 22.8. The first-order valence-electron chi connectivity index (χ1n) is 11.3. The van der Waals surface area contributed by atoms with Gasteiger partial charge >= 0.3 is 0 Å². The van der Waals surface area contributed by atoms with Crippen LogP contribution < -0.4 is 15.4 Å². The average Bonchev–Trinajstić information content (AvgIpc) is 3.41. The molecule has 2 aliphatic rings. The summed E-state index contributed by atoms with van der Waals surface area (Å²) in [6, 6.07) is 6.97. The first kappa shape index (κ1) is 21.9. The maximum absolute atomic E-state index is 6.12. The molecule has 2 atom stereocenters. The maximum atomic E-state index is 6.12. The number of ether oxygens (including phenoxy) is 2. The van der Waals surface area contributed by atoms with Gasteiger partial charge in [-0.2, -0.15) is 0 Å². The summed E-state index contributed by atoms with van der Waals surface area (Å²) in [5.74, 6) is 1.80. The topological polar surface area (TPSA) is 58.1 Å². The number of aryl methyl sites for hydroxylation is 1. The quantitative estimate of drug-likeness (QED) is 0.491. The Morgan fingerprint density at radius 3 is 2.90 bits per heavy atom. The minimum atomic E-state index is 0.221. The highest BCUT2D eigenvalue weighted by Gasteiger charge is 2.22. The Labute approximate surface area is 176 Å². The molecular weight excluding hydrogens is 364 g/mol. The van der Waals surface area contributed by atoms with E-state index in [2.05, 4.69) is 54.5 Å². The smallest absolute Gasteiger partial charge is 0.191 e. The third-order valence-corrected chi connectivity index (χ3v) is 5.83. The SMILES string of the molecule is CCNC(=NCc1ccc(C)cc1OCC1CCCO1)NCC1CCCN1CC. The standard InChI is InChI=1S/C23H38N4O2/c1-4-24-23(26-16-20-8-6-12-27(20)5-2)25-15-19-11-10-18(3)14-22(19)29-17-21-9-7-13-28-21/h10-11,14,20-21H,4-9,12-13,15-17H2,1-3H3,(H2,24,25,26). The summed E-state index contributed by atoms with van der Waals surface area (Å²) in [6.45, 7) is 12.6. The van der Waals surface area contributed by atoms with E-state index in [0.717, 1.165) is 56.4 Å². The molecule has 2 fully saturated rings. The molecule has 6 heteroatoms. The predicted molar refractivity (Wildman–Crippen MR) is 119 cm³/mol. The molecular formula is C23H38N4O2. The molecule has 3 rings (SSSR count). The highest BCUT2D eigenvalue weighted by molar-refractivity contribution is 5.79. The lowest BCUT2D eigenvalue weighted by Gasteiger charge is -2.24. The van der Waals surface area contributed by atoms with Gasteiger partial charge < -0.3 is 20.1 Å². The Kier molecular flexibility index (Phi) is 8.62. The van der Waals surface area contributed by atoms with Crippen LogP contribution in [0.25, 0.3) is 0 Å². The van der Waals surface area contributed by atoms with Gasteiger partial charge in [0.2, 0.25) is 0 Å². The molecule has 2 unspecified atom stereocenters. The predicted octanol–water partition coefficient (Wildman–Crippen LogP) is 3.09. The Bertz CT molecular complexity index is 658. The van der Waals surface area contributed by atoms with Gasteiger partial charge in [0.1, 0.15) is 12.4 Å². The van der Waals surface area contributed by atoms with Crippen molar-refractivity contribution in [1.82, 2.24) is 15.5 Å². The van der Waals surface area contributed by atoms with Crippen molar-refractivity contribution in [2.24, 2.45) is 4.99 Å². The Hall–Kier alpha value is -1.79. The molecule has 0 spiro atoms. The lowest BCUT2D eigenvalue weighted by atomic mass is 10.1. The van der Waals surface area contributed by atoms with Gasteiger partial charge in [-0.3, -0.25) is 4.90 Å². The van der Waals surface area contributed by atoms with Crippen LogP contribution in [0.1, 0.15) is 50.7 Å². The van der Waals surface area contributed by atoms with Crippen molar-refractivity contribution < 1.29 is 9.47 Å². The molecule has 6 nitrogen and oxygen atoms in total. The van der Waals surface area contributed by atoms with Crippen molar-refractivity contribution in [2.45, 2.75) is 65.1 Å². The third kappa shape index (κ3) is 6.61. The number of nitrogens with zero attached hydrogens (tertiary/aromatic N) is 2. The van der Waals surface area contributed by atoms with Gasteiger partial charge in [-0.05, 0) is 64.3 Å².